The zero-order valence-electron chi connectivity index (χ0n) is 11.9. The van der Waals surface area contributed by atoms with Crippen molar-refractivity contribution in [3.63, 3.8) is 0 Å². The van der Waals surface area contributed by atoms with Gasteiger partial charge in [0.1, 0.15) is 6.04 Å². The summed E-state index contributed by atoms with van der Waals surface area (Å²) in [6, 6.07) is 6.85. The van der Waals surface area contributed by atoms with E-state index < -0.39 is 6.04 Å². The number of esters is 1. The molecule has 5 nitrogen and oxygen atoms in total. The first-order chi connectivity index (χ1) is 9.61. The fourth-order valence-corrected chi connectivity index (χ4v) is 2.39. The third-order valence-electron chi connectivity index (χ3n) is 3.54. The van der Waals surface area contributed by atoms with Crippen molar-refractivity contribution in [2.45, 2.75) is 32.2 Å². The number of nitrogens with one attached hydrogen (secondary N) is 1. The van der Waals surface area contributed by atoms with Gasteiger partial charge in [-0.2, -0.15) is 0 Å². The predicted octanol–water partition coefficient (Wildman–Crippen LogP) is 2.55. The largest absolute Gasteiger partial charge is 0.467 e. The monoisotopic (exact) mass is 276 g/mol. The van der Waals surface area contributed by atoms with Gasteiger partial charge in [-0.15, -0.1) is 0 Å². The molecule has 0 spiro atoms. The summed E-state index contributed by atoms with van der Waals surface area (Å²) in [7, 11) is 1.35. The Balaban J connectivity index is 2.05. The van der Waals surface area contributed by atoms with E-state index in [4.69, 9.17) is 4.74 Å². The molecule has 0 radical (unpaired) electrons. The molecule has 0 saturated carbocycles. The number of ether oxygens (including phenoxy) is 1. The Morgan fingerprint density at radius 1 is 1.25 bits per heavy atom. The molecule has 1 aromatic rings. The number of aryl methyl sites for hydroxylation is 1. The minimum Gasteiger partial charge on any atom is -0.467 e. The Labute approximate surface area is 118 Å². The van der Waals surface area contributed by atoms with Crippen LogP contribution in [0.2, 0.25) is 0 Å². The maximum atomic E-state index is 12.3. The van der Waals surface area contributed by atoms with Gasteiger partial charge >= 0.3 is 12.0 Å². The molecule has 2 amide bonds. The first-order valence-electron chi connectivity index (χ1n) is 6.84. The molecular weight excluding hydrogens is 256 g/mol. The SMILES string of the molecule is COC(=O)[C@H]1CCCCN1C(=O)Nc1ccc(C)cc1. The molecule has 1 aliphatic rings. The van der Waals surface area contributed by atoms with Crippen LogP contribution in [0.1, 0.15) is 24.8 Å². The molecule has 1 heterocycles. The molecule has 1 saturated heterocycles. The van der Waals surface area contributed by atoms with E-state index in [1.165, 1.54) is 7.11 Å². The minimum atomic E-state index is -0.473. The van der Waals surface area contributed by atoms with Crippen LogP contribution in [0.3, 0.4) is 0 Å². The predicted molar refractivity (Wildman–Crippen MR) is 76.6 cm³/mol. The van der Waals surface area contributed by atoms with Crippen LogP contribution in [0.4, 0.5) is 10.5 Å². The summed E-state index contributed by atoms with van der Waals surface area (Å²) in [5.41, 5.74) is 1.86. The number of hydrogen-bond acceptors (Lipinski definition) is 3. The van der Waals surface area contributed by atoms with Crippen molar-refractivity contribution in [2.75, 3.05) is 19.0 Å². The van der Waals surface area contributed by atoms with Gasteiger partial charge in [0, 0.05) is 12.2 Å². The molecule has 0 unspecified atom stereocenters. The fraction of sp³-hybridized carbons (Fsp3) is 0.467. The van der Waals surface area contributed by atoms with Crippen LogP contribution in [0.5, 0.6) is 0 Å². The van der Waals surface area contributed by atoms with Crippen molar-refractivity contribution in [1.29, 1.82) is 0 Å². The Morgan fingerprint density at radius 2 is 1.95 bits per heavy atom. The number of urea groups is 1. The average Bonchev–Trinajstić information content (AvgIpc) is 2.48. The van der Waals surface area contributed by atoms with Crippen molar-refractivity contribution >= 4 is 17.7 Å². The van der Waals surface area contributed by atoms with Crippen molar-refractivity contribution in [3.05, 3.63) is 29.8 Å². The number of hydrogen-bond donors (Lipinski definition) is 1. The van der Waals surface area contributed by atoms with Crippen LogP contribution in [0, 0.1) is 6.92 Å². The lowest BCUT2D eigenvalue weighted by Crippen LogP contribution is -2.50. The Morgan fingerprint density at radius 3 is 2.60 bits per heavy atom. The normalized spacial score (nSPS) is 18.5. The van der Waals surface area contributed by atoms with E-state index in [2.05, 4.69) is 5.32 Å². The summed E-state index contributed by atoms with van der Waals surface area (Å²) in [6.45, 7) is 2.57. The number of benzene rings is 1. The number of methoxy groups -OCH3 is 1. The van der Waals surface area contributed by atoms with E-state index in [1.54, 1.807) is 4.90 Å². The van der Waals surface area contributed by atoms with E-state index in [-0.39, 0.29) is 12.0 Å². The van der Waals surface area contributed by atoms with E-state index in [9.17, 15) is 9.59 Å². The first kappa shape index (κ1) is 14.4. The number of amides is 2. The lowest BCUT2D eigenvalue weighted by atomic mass is 10.0. The van der Waals surface area contributed by atoms with Gasteiger partial charge in [0.25, 0.3) is 0 Å². The van der Waals surface area contributed by atoms with Crippen molar-refractivity contribution in [1.82, 2.24) is 4.90 Å². The minimum absolute atomic E-state index is 0.246. The van der Waals surface area contributed by atoms with E-state index in [0.29, 0.717) is 13.0 Å². The summed E-state index contributed by atoms with van der Waals surface area (Å²) in [6.07, 6.45) is 2.51. The van der Waals surface area contributed by atoms with Crippen LogP contribution in [0.25, 0.3) is 0 Å². The highest BCUT2D eigenvalue weighted by Gasteiger charge is 2.32. The lowest BCUT2D eigenvalue weighted by Gasteiger charge is -2.33. The molecule has 0 bridgehead atoms. The third-order valence-corrected chi connectivity index (χ3v) is 3.54. The molecule has 0 aromatic heterocycles. The van der Waals surface area contributed by atoms with Crippen molar-refractivity contribution in [3.8, 4) is 0 Å². The van der Waals surface area contributed by atoms with Crippen LogP contribution in [-0.2, 0) is 9.53 Å². The summed E-state index contributed by atoms with van der Waals surface area (Å²) in [5, 5.41) is 2.83. The number of anilines is 1. The number of piperidine rings is 1. The Kier molecular flexibility index (Phi) is 4.61. The van der Waals surface area contributed by atoms with E-state index in [1.807, 2.05) is 31.2 Å². The first-order valence-corrected chi connectivity index (χ1v) is 6.84. The Hall–Kier alpha value is -2.04. The van der Waals surface area contributed by atoms with Gasteiger partial charge in [-0.3, -0.25) is 0 Å². The number of carbonyl (C=O) groups excluding carboxylic acids is 2. The van der Waals surface area contributed by atoms with Gasteiger partial charge < -0.3 is 15.0 Å². The Bertz CT molecular complexity index is 484. The highest BCUT2D eigenvalue weighted by molar-refractivity contribution is 5.92. The summed E-state index contributed by atoms with van der Waals surface area (Å²) in [5.74, 6) is -0.344. The zero-order valence-corrected chi connectivity index (χ0v) is 11.9. The fourth-order valence-electron chi connectivity index (χ4n) is 2.39. The van der Waals surface area contributed by atoms with Gasteiger partial charge in [-0.1, -0.05) is 17.7 Å². The molecule has 2 rings (SSSR count). The number of carbonyl (C=O) groups is 2. The summed E-state index contributed by atoms with van der Waals surface area (Å²) < 4.78 is 4.78. The molecule has 5 heteroatoms. The van der Waals surface area contributed by atoms with Crippen LogP contribution < -0.4 is 5.32 Å². The number of likely N-dealkylation sites (tertiary alicyclic amines) is 1. The maximum absolute atomic E-state index is 12.3. The maximum Gasteiger partial charge on any atom is 0.328 e. The van der Waals surface area contributed by atoms with Gasteiger partial charge in [0.05, 0.1) is 7.11 Å². The second-order valence-corrected chi connectivity index (χ2v) is 5.02. The molecule has 1 N–H and O–H groups in total. The van der Waals surface area contributed by atoms with Crippen molar-refractivity contribution < 1.29 is 14.3 Å². The standard InChI is InChI=1S/C15H20N2O3/c1-11-6-8-12(9-7-11)16-15(19)17-10-4-3-5-13(17)14(18)20-2/h6-9,13H,3-5,10H2,1-2H3,(H,16,19)/t13-/m1/s1. The van der Waals surface area contributed by atoms with Crippen LogP contribution in [0.15, 0.2) is 24.3 Å². The zero-order chi connectivity index (χ0) is 14.5. The molecule has 1 aliphatic heterocycles. The highest BCUT2D eigenvalue weighted by atomic mass is 16.5. The van der Waals surface area contributed by atoms with E-state index in [0.717, 1.165) is 24.1 Å². The second kappa shape index (κ2) is 6.41. The summed E-state index contributed by atoms with van der Waals surface area (Å²) >= 11 is 0. The lowest BCUT2D eigenvalue weighted by molar-refractivity contribution is -0.146. The third kappa shape index (κ3) is 3.29. The van der Waals surface area contributed by atoms with Crippen LogP contribution in [-0.4, -0.2) is 36.6 Å². The molecular formula is C15H20N2O3. The number of nitrogens with zero attached hydrogens (tertiary/aromatic N) is 1. The molecule has 1 atom stereocenters. The van der Waals surface area contributed by atoms with Gasteiger partial charge in [-0.25, -0.2) is 9.59 Å². The molecule has 20 heavy (non-hydrogen) atoms. The number of rotatable bonds is 2. The molecule has 1 fully saturated rings. The molecule has 0 aliphatic carbocycles. The quantitative estimate of drug-likeness (QED) is 0.844. The van der Waals surface area contributed by atoms with E-state index >= 15 is 0 Å². The van der Waals surface area contributed by atoms with Crippen LogP contribution >= 0.6 is 0 Å². The second-order valence-electron chi connectivity index (χ2n) is 5.02. The smallest absolute Gasteiger partial charge is 0.328 e. The van der Waals surface area contributed by atoms with Gasteiger partial charge in [-0.05, 0) is 38.3 Å². The van der Waals surface area contributed by atoms with Gasteiger partial charge in [0.2, 0.25) is 0 Å². The van der Waals surface area contributed by atoms with Gasteiger partial charge in [0.15, 0.2) is 0 Å². The molecule has 1 aromatic carbocycles. The topological polar surface area (TPSA) is 58.6 Å². The average molecular weight is 276 g/mol. The summed E-state index contributed by atoms with van der Waals surface area (Å²) in [4.78, 5) is 25.6. The highest BCUT2D eigenvalue weighted by Crippen LogP contribution is 2.19. The molecule has 108 valence electrons. The van der Waals surface area contributed by atoms with Crippen molar-refractivity contribution in [2.24, 2.45) is 0 Å².